The maximum atomic E-state index is 11.6. The fraction of sp³-hybridized carbons (Fsp3) is 0.458. The highest BCUT2D eigenvalue weighted by molar-refractivity contribution is 7.15. The molecule has 1 saturated carbocycles. The molecule has 0 radical (unpaired) electrons. The minimum absolute atomic E-state index is 0.136. The number of nitrogens with one attached hydrogen (secondary N) is 1. The van der Waals surface area contributed by atoms with E-state index in [4.69, 9.17) is 0 Å². The van der Waals surface area contributed by atoms with Gasteiger partial charge in [-0.05, 0) is 43.2 Å². The minimum atomic E-state index is -1.12. The van der Waals surface area contributed by atoms with Crippen LogP contribution in [0, 0.1) is 24.7 Å². The van der Waals surface area contributed by atoms with E-state index < -0.39 is 17.5 Å². The average Bonchev–Trinajstić information content (AvgIpc) is 3.25. The van der Waals surface area contributed by atoms with E-state index >= 15 is 0 Å². The summed E-state index contributed by atoms with van der Waals surface area (Å²) in [4.78, 5) is 23.7. The molecule has 0 saturated heterocycles. The number of anilines is 1. The monoisotopic (exact) mass is 454 g/mol. The number of aliphatic hydroxyl groups is 1. The Kier molecular flexibility index (Phi) is 6.09. The highest BCUT2D eigenvalue weighted by Gasteiger charge is 2.49. The standard InChI is InChI=1S/C24H30N4O3S/c1-14-7-5-8-18(20(14)27-23-25-11-6-12-28(23)4)19-13-26-22(32-19)24(31)10-9-17(21(29)30)15(2)16(24)3/h5-8,11,13,15-17,31H,9-10,12H2,1-4H3,(H,25,27)(H,29,30). The molecule has 0 spiro atoms. The van der Waals surface area contributed by atoms with Crippen LogP contribution in [0.25, 0.3) is 10.4 Å². The van der Waals surface area contributed by atoms with Crippen LogP contribution in [0.1, 0.15) is 37.3 Å². The van der Waals surface area contributed by atoms with Gasteiger partial charge in [0.2, 0.25) is 5.96 Å². The van der Waals surface area contributed by atoms with Gasteiger partial charge in [-0.3, -0.25) is 4.79 Å². The topological polar surface area (TPSA) is 98.0 Å². The predicted octanol–water partition coefficient (Wildman–Crippen LogP) is 4.30. The summed E-state index contributed by atoms with van der Waals surface area (Å²) in [6.07, 6.45) is 6.46. The number of carboxylic acids is 1. The van der Waals surface area contributed by atoms with Crippen molar-refractivity contribution in [1.29, 1.82) is 0 Å². The third-order valence-electron chi connectivity index (χ3n) is 7.02. The van der Waals surface area contributed by atoms with Crippen molar-refractivity contribution < 1.29 is 15.0 Å². The van der Waals surface area contributed by atoms with E-state index in [2.05, 4.69) is 28.3 Å². The summed E-state index contributed by atoms with van der Waals surface area (Å²) in [7, 11) is 1.99. The Morgan fingerprint density at radius 2 is 2.12 bits per heavy atom. The molecule has 0 bridgehead atoms. The van der Waals surface area contributed by atoms with Gasteiger partial charge in [-0.15, -0.1) is 11.3 Å². The van der Waals surface area contributed by atoms with Crippen molar-refractivity contribution in [3.63, 3.8) is 0 Å². The second-order valence-electron chi connectivity index (χ2n) is 8.93. The first-order valence-electron chi connectivity index (χ1n) is 10.9. The highest BCUT2D eigenvalue weighted by atomic mass is 32.1. The van der Waals surface area contributed by atoms with Crippen molar-refractivity contribution in [2.24, 2.45) is 22.7 Å². The van der Waals surface area contributed by atoms with E-state index in [1.165, 1.54) is 11.3 Å². The van der Waals surface area contributed by atoms with Crippen LogP contribution >= 0.6 is 11.3 Å². The van der Waals surface area contributed by atoms with Gasteiger partial charge in [0.1, 0.15) is 10.6 Å². The number of carbonyl (C=O) groups is 1. The first-order valence-corrected chi connectivity index (χ1v) is 11.8. The highest BCUT2D eigenvalue weighted by Crippen LogP contribution is 2.49. The van der Waals surface area contributed by atoms with E-state index in [9.17, 15) is 15.0 Å². The lowest BCUT2D eigenvalue weighted by Gasteiger charge is -2.43. The number of likely N-dealkylation sites (N-methyl/N-ethyl adjacent to an activating group) is 1. The lowest BCUT2D eigenvalue weighted by molar-refractivity contribution is -0.153. The molecule has 0 amide bonds. The van der Waals surface area contributed by atoms with Crippen LogP contribution in [0.5, 0.6) is 0 Å². The maximum Gasteiger partial charge on any atom is 0.306 e. The fourth-order valence-electron chi connectivity index (χ4n) is 4.69. The lowest BCUT2D eigenvalue weighted by atomic mass is 9.65. The number of benzene rings is 1. The molecule has 2 aromatic rings. The number of nitrogens with zero attached hydrogens (tertiary/aromatic N) is 3. The predicted molar refractivity (Wildman–Crippen MR) is 128 cm³/mol. The van der Waals surface area contributed by atoms with Crippen molar-refractivity contribution in [3.05, 3.63) is 47.2 Å². The van der Waals surface area contributed by atoms with Gasteiger partial charge in [0.15, 0.2) is 0 Å². The van der Waals surface area contributed by atoms with Gasteiger partial charge < -0.3 is 20.4 Å². The minimum Gasteiger partial charge on any atom is -0.481 e. The Bertz CT molecular complexity index is 1080. The molecule has 2 aliphatic rings. The fourth-order valence-corrected chi connectivity index (χ4v) is 5.85. The zero-order valence-corrected chi connectivity index (χ0v) is 19.7. The number of aliphatic imine (C=N–C) groups is 1. The van der Waals surface area contributed by atoms with Crippen LogP contribution in [-0.4, -0.2) is 45.6 Å². The molecule has 1 aromatic heterocycles. The Hall–Kier alpha value is -2.71. The summed E-state index contributed by atoms with van der Waals surface area (Å²) in [5.41, 5.74) is 1.93. The summed E-state index contributed by atoms with van der Waals surface area (Å²) < 4.78 is 0. The van der Waals surface area contributed by atoms with E-state index in [1.807, 2.05) is 50.2 Å². The van der Waals surface area contributed by atoms with Gasteiger partial charge in [-0.25, -0.2) is 9.98 Å². The second kappa shape index (κ2) is 8.67. The largest absolute Gasteiger partial charge is 0.481 e. The molecule has 1 aliphatic carbocycles. The molecule has 3 N–H and O–H groups in total. The van der Waals surface area contributed by atoms with E-state index in [-0.39, 0.29) is 11.8 Å². The molecule has 170 valence electrons. The Balaban J connectivity index is 1.66. The van der Waals surface area contributed by atoms with Gasteiger partial charge in [0.25, 0.3) is 0 Å². The molecule has 1 fully saturated rings. The Morgan fingerprint density at radius 1 is 1.34 bits per heavy atom. The average molecular weight is 455 g/mol. The quantitative estimate of drug-likeness (QED) is 0.637. The Morgan fingerprint density at radius 3 is 2.84 bits per heavy atom. The molecule has 4 atom stereocenters. The molecule has 1 aliphatic heterocycles. The lowest BCUT2D eigenvalue weighted by Crippen LogP contribution is -2.45. The van der Waals surface area contributed by atoms with Crippen LogP contribution in [0.3, 0.4) is 0 Å². The number of hydrogen-bond acceptors (Lipinski definition) is 7. The van der Waals surface area contributed by atoms with Crippen LogP contribution in [-0.2, 0) is 10.4 Å². The number of aromatic nitrogens is 1. The van der Waals surface area contributed by atoms with Crippen LogP contribution < -0.4 is 5.32 Å². The molecule has 7 nitrogen and oxygen atoms in total. The normalized spacial score (nSPS) is 27.8. The van der Waals surface area contributed by atoms with Crippen LogP contribution in [0.15, 0.2) is 41.7 Å². The van der Waals surface area contributed by atoms with E-state index in [1.54, 1.807) is 6.20 Å². The first kappa shape index (κ1) is 22.5. The third-order valence-corrected chi connectivity index (χ3v) is 8.22. The van der Waals surface area contributed by atoms with Gasteiger partial charge in [-0.2, -0.15) is 0 Å². The molecule has 32 heavy (non-hydrogen) atoms. The molecule has 8 heteroatoms. The number of para-hydroxylation sites is 1. The van der Waals surface area contributed by atoms with E-state index in [0.717, 1.165) is 34.2 Å². The van der Waals surface area contributed by atoms with Crippen LogP contribution in [0.2, 0.25) is 0 Å². The van der Waals surface area contributed by atoms with Crippen molar-refractivity contribution >= 4 is 29.0 Å². The number of aliphatic carboxylic acids is 1. The number of hydrogen-bond donors (Lipinski definition) is 3. The van der Waals surface area contributed by atoms with Gasteiger partial charge in [-0.1, -0.05) is 32.0 Å². The van der Waals surface area contributed by atoms with Crippen LogP contribution in [0.4, 0.5) is 5.69 Å². The molecule has 1 aromatic carbocycles. The maximum absolute atomic E-state index is 11.6. The molecule has 4 unspecified atom stereocenters. The van der Waals surface area contributed by atoms with Crippen molar-refractivity contribution in [1.82, 2.24) is 9.88 Å². The zero-order valence-electron chi connectivity index (χ0n) is 18.9. The van der Waals surface area contributed by atoms with Gasteiger partial charge >= 0.3 is 5.97 Å². The van der Waals surface area contributed by atoms with Crippen molar-refractivity contribution in [2.45, 2.75) is 39.2 Å². The van der Waals surface area contributed by atoms with Crippen molar-refractivity contribution in [2.75, 3.05) is 18.9 Å². The summed E-state index contributed by atoms with van der Waals surface area (Å²) in [5.74, 6) is -0.779. The summed E-state index contributed by atoms with van der Waals surface area (Å²) in [6.45, 7) is 6.70. The number of rotatable bonds is 4. The number of guanidine groups is 1. The smallest absolute Gasteiger partial charge is 0.306 e. The molecular weight excluding hydrogens is 424 g/mol. The third kappa shape index (κ3) is 3.93. The summed E-state index contributed by atoms with van der Waals surface area (Å²) in [5, 5.41) is 25.2. The molecule has 2 heterocycles. The zero-order chi connectivity index (χ0) is 23.0. The first-order chi connectivity index (χ1) is 15.2. The molecule has 4 rings (SSSR count). The second-order valence-corrected chi connectivity index (χ2v) is 9.96. The van der Waals surface area contributed by atoms with E-state index in [0.29, 0.717) is 17.8 Å². The number of carboxylic acid groups (broad SMARTS) is 1. The summed E-state index contributed by atoms with van der Waals surface area (Å²) in [6, 6.07) is 6.11. The van der Waals surface area contributed by atoms with Gasteiger partial charge in [0.05, 0.1) is 16.5 Å². The van der Waals surface area contributed by atoms with Crippen molar-refractivity contribution in [3.8, 4) is 10.4 Å². The number of aryl methyl sites for hydroxylation is 1. The summed E-state index contributed by atoms with van der Waals surface area (Å²) >= 11 is 1.48. The SMILES string of the molecule is Cc1cccc(-c2cnc(C3(O)CCC(C(=O)O)C(C)C3C)s2)c1NC1=NC=CCN1C. The molecular formula is C24H30N4O3S. The number of thiazole rings is 1. The Labute approximate surface area is 192 Å². The van der Waals surface area contributed by atoms with Gasteiger partial charge in [0, 0.05) is 31.6 Å².